The van der Waals surface area contributed by atoms with Crippen LogP contribution in [0.25, 0.3) is 0 Å². The molecule has 0 heterocycles. The van der Waals surface area contributed by atoms with Gasteiger partial charge in [0.25, 0.3) is 10.1 Å². The van der Waals surface area contributed by atoms with Gasteiger partial charge in [0.15, 0.2) is 0 Å². The number of phenolic OH excluding ortho intramolecular Hbond substituents is 1. The Morgan fingerprint density at radius 2 is 1.68 bits per heavy atom. The van der Waals surface area contributed by atoms with Crippen molar-refractivity contribution in [1.82, 2.24) is 0 Å². The van der Waals surface area contributed by atoms with Crippen molar-refractivity contribution in [3.8, 4) is 17.2 Å². The molecule has 2 rings (SSSR count). The molecule has 136 valence electrons. The smallest absolute Gasteiger partial charge is 0.294 e. The van der Waals surface area contributed by atoms with Crippen LogP contribution in [0.4, 0.5) is 0 Å². The molecule has 0 aliphatic rings. The lowest BCUT2D eigenvalue weighted by molar-refractivity contribution is 0.454. The molecular formula is C19H24O5S. The summed E-state index contributed by atoms with van der Waals surface area (Å²) in [6.07, 6.45) is 6.48. The molecule has 0 aromatic heterocycles. The molecule has 0 amide bonds. The van der Waals surface area contributed by atoms with Crippen LogP contribution in [0, 0.1) is 0 Å². The normalized spacial score (nSPS) is 11.4. The highest BCUT2D eigenvalue weighted by atomic mass is 32.2. The van der Waals surface area contributed by atoms with Gasteiger partial charge in [0.05, 0.1) is 4.90 Å². The molecule has 0 saturated carbocycles. The third kappa shape index (κ3) is 6.07. The fourth-order valence-corrected chi connectivity index (χ4v) is 3.09. The van der Waals surface area contributed by atoms with E-state index in [9.17, 15) is 13.5 Å². The van der Waals surface area contributed by atoms with Crippen LogP contribution in [-0.4, -0.2) is 18.1 Å². The summed E-state index contributed by atoms with van der Waals surface area (Å²) < 4.78 is 37.2. The number of phenols is 1. The highest BCUT2D eigenvalue weighted by molar-refractivity contribution is 7.85. The van der Waals surface area contributed by atoms with Crippen molar-refractivity contribution in [2.45, 2.75) is 50.3 Å². The first-order valence-electron chi connectivity index (χ1n) is 8.47. The van der Waals surface area contributed by atoms with Gasteiger partial charge in [-0.1, -0.05) is 38.7 Å². The first-order chi connectivity index (χ1) is 11.9. The minimum Gasteiger partial charge on any atom is -0.508 e. The van der Waals surface area contributed by atoms with E-state index in [2.05, 4.69) is 6.92 Å². The van der Waals surface area contributed by atoms with Crippen molar-refractivity contribution in [1.29, 1.82) is 0 Å². The average molecular weight is 364 g/mol. The van der Waals surface area contributed by atoms with Crippen molar-refractivity contribution in [2.75, 3.05) is 0 Å². The Balaban J connectivity index is 2.06. The summed E-state index contributed by atoms with van der Waals surface area (Å²) in [4.78, 5) is -0.222. The zero-order valence-electron chi connectivity index (χ0n) is 14.3. The number of rotatable bonds is 9. The van der Waals surface area contributed by atoms with Gasteiger partial charge in [-0.3, -0.25) is 4.55 Å². The lowest BCUT2D eigenvalue weighted by atomic mass is 10.0. The van der Waals surface area contributed by atoms with Crippen LogP contribution in [0.15, 0.2) is 47.4 Å². The van der Waals surface area contributed by atoms with Crippen LogP contribution in [0.1, 0.15) is 44.6 Å². The summed E-state index contributed by atoms with van der Waals surface area (Å²) >= 11 is 0. The molecule has 0 bridgehead atoms. The van der Waals surface area contributed by atoms with Crippen molar-refractivity contribution in [3.05, 3.63) is 48.0 Å². The van der Waals surface area contributed by atoms with E-state index in [0.29, 0.717) is 11.5 Å². The summed E-state index contributed by atoms with van der Waals surface area (Å²) in [6, 6.07) is 10.6. The lowest BCUT2D eigenvalue weighted by Crippen LogP contribution is -1.98. The second-order valence-electron chi connectivity index (χ2n) is 6.01. The summed E-state index contributed by atoms with van der Waals surface area (Å²) in [5.74, 6) is 1.04. The zero-order chi connectivity index (χ0) is 18.3. The molecule has 0 fully saturated rings. The van der Waals surface area contributed by atoms with Crippen molar-refractivity contribution in [2.24, 2.45) is 0 Å². The van der Waals surface area contributed by atoms with Gasteiger partial charge < -0.3 is 9.84 Å². The van der Waals surface area contributed by atoms with Gasteiger partial charge in [0.2, 0.25) is 0 Å². The topological polar surface area (TPSA) is 83.8 Å². The first-order valence-corrected chi connectivity index (χ1v) is 9.91. The molecule has 0 spiro atoms. The van der Waals surface area contributed by atoms with E-state index >= 15 is 0 Å². The second kappa shape index (κ2) is 8.87. The predicted molar refractivity (Wildman–Crippen MR) is 96.9 cm³/mol. The Morgan fingerprint density at radius 3 is 2.40 bits per heavy atom. The van der Waals surface area contributed by atoms with E-state index < -0.39 is 10.1 Å². The Labute approximate surface area is 149 Å². The number of aromatic hydroxyl groups is 1. The third-order valence-electron chi connectivity index (χ3n) is 3.94. The maximum absolute atomic E-state index is 11.2. The van der Waals surface area contributed by atoms with Crippen LogP contribution < -0.4 is 4.74 Å². The van der Waals surface area contributed by atoms with E-state index in [0.717, 1.165) is 24.8 Å². The van der Waals surface area contributed by atoms with E-state index in [4.69, 9.17) is 9.29 Å². The fourth-order valence-electron chi connectivity index (χ4n) is 2.58. The minimum atomic E-state index is -4.27. The van der Waals surface area contributed by atoms with Gasteiger partial charge in [0, 0.05) is 6.07 Å². The van der Waals surface area contributed by atoms with Crippen LogP contribution in [-0.2, 0) is 16.5 Å². The Bertz CT molecular complexity index is 799. The Kier molecular flexibility index (Phi) is 6.84. The summed E-state index contributed by atoms with van der Waals surface area (Å²) in [5, 5.41) is 9.99. The van der Waals surface area contributed by atoms with E-state index in [1.807, 2.05) is 0 Å². The predicted octanol–water partition coefficient (Wildman–Crippen LogP) is 4.94. The third-order valence-corrected chi connectivity index (χ3v) is 4.79. The molecular weight excluding hydrogens is 340 g/mol. The summed E-state index contributed by atoms with van der Waals surface area (Å²) in [6.45, 7) is 2.17. The molecule has 0 atom stereocenters. The molecule has 6 heteroatoms. The standard InChI is InChI=1S/C19H24O5S/c1-2-3-4-5-6-8-15-13-17(11-12-19(15)20)24-16-9-7-10-18(14-16)25(21,22)23/h7,9-14,20H,2-6,8H2,1H3,(H,21,22,23). The lowest BCUT2D eigenvalue weighted by Gasteiger charge is -2.10. The zero-order valence-corrected chi connectivity index (χ0v) is 15.1. The van der Waals surface area contributed by atoms with Gasteiger partial charge in [-0.15, -0.1) is 0 Å². The molecule has 25 heavy (non-hydrogen) atoms. The van der Waals surface area contributed by atoms with E-state index in [1.54, 1.807) is 24.3 Å². The van der Waals surface area contributed by atoms with Crippen molar-refractivity contribution in [3.63, 3.8) is 0 Å². The van der Waals surface area contributed by atoms with Gasteiger partial charge in [-0.05, 0) is 48.7 Å². The molecule has 0 radical (unpaired) electrons. The second-order valence-corrected chi connectivity index (χ2v) is 7.43. The maximum atomic E-state index is 11.2. The SMILES string of the molecule is CCCCCCCc1cc(Oc2cccc(S(=O)(=O)O)c2)ccc1O. The number of benzene rings is 2. The first kappa shape index (κ1) is 19.3. The maximum Gasteiger partial charge on any atom is 0.294 e. The van der Waals surface area contributed by atoms with E-state index in [-0.39, 0.29) is 10.6 Å². The monoisotopic (exact) mass is 364 g/mol. The van der Waals surface area contributed by atoms with Crippen LogP contribution in [0.3, 0.4) is 0 Å². The Morgan fingerprint density at radius 1 is 0.960 bits per heavy atom. The molecule has 2 aromatic rings. The molecule has 0 saturated heterocycles. The minimum absolute atomic E-state index is 0.222. The summed E-state index contributed by atoms with van der Waals surface area (Å²) in [7, 11) is -4.27. The van der Waals surface area contributed by atoms with Gasteiger partial charge >= 0.3 is 0 Å². The summed E-state index contributed by atoms with van der Waals surface area (Å²) in [5.41, 5.74) is 0.805. The number of hydrogen-bond donors (Lipinski definition) is 2. The molecule has 0 unspecified atom stereocenters. The van der Waals surface area contributed by atoms with Crippen LogP contribution in [0.2, 0.25) is 0 Å². The van der Waals surface area contributed by atoms with Crippen LogP contribution in [0.5, 0.6) is 17.2 Å². The van der Waals surface area contributed by atoms with Gasteiger partial charge in [0.1, 0.15) is 17.2 Å². The van der Waals surface area contributed by atoms with Gasteiger partial charge in [-0.25, -0.2) is 0 Å². The molecule has 2 aromatic carbocycles. The Hall–Kier alpha value is -2.05. The van der Waals surface area contributed by atoms with Gasteiger partial charge in [-0.2, -0.15) is 8.42 Å². The molecule has 0 aliphatic carbocycles. The highest BCUT2D eigenvalue weighted by Crippen LogP contribution is 2.29. The molecule has 0 aliphatic heterocycles. The van der Waals surface area contributed by atoms with Crippen molar-refractivity contribution < 1.29 is 22.8 Å². The van der Waals surface area contributed by atoms with Crippen molar-refractivity contribution >= 4 is 10.1 Å². The van der Waals surface area contributed by atoms with E-state index in [1.165, 1.54) is 37.5 Å². The number of hydrogen-bond acceptors (Lipinski definition) is 4. The van der Waals surface area contributed by atoms with Crippen LogP contribution >= 0.6 is 0 Å². The largest absolute Gasteiger partial charge is 0.508 e. The number of ether oxygens (including phenoxy) is 1. The number of aryl methyl sites for hydroxylation is 1. The highest BCUT2D eigenvalue weighted by Gasteiger charge is 2.11. The molecule has 2 N–H and O–H groups in total. The average Bonchev–Trinajstić information content (AvgIpc) is 2.57. The fraction of sp³-hybridized carbons (Fsp3) is 0.368. The molecule has 5 nitrogen and oxygen atoms in total. The quantitative estimate of drug-likeness (QED) is 0.486. The number of unbranched alkanes of at least 4 members (excludes halogenated alkanes) is 4.